The summed E-state index contributed by atoms with van der Waals surface area (Å²) in [7, 11) is 1.55. The summed E-state index contributed by atoms with van der Waals surface area (Å²) < 4.78 is 4.92. The quantitative estimate of drug-likeness (QED) is 0.828. The van der Waals surface area contributed by atoms with Crippen molar-refractivity contribution in [2.75, 3.05) is 25.6 Å². The topological polar surface area (TPSA) is 58.6 Å². The minimum absolute atomic E-state index is 0.145. The van der Waals surface area contributed by atoms with Gasteiger partial charge in [0, 0.05) is 12.8 Å². The molecular formula is C15H20N2O3. The highest BCUT2D eigenvalue weighted by atomic mass is 16.5. The van der Waals surface area contributed by atoms with E-state index in [2.05, 4.69) is 11.4 Å². The highest BCUT2D eigenvalue weighted by Gasteiger charge is 2.38. The number of likely N-dealkylation sites (tertiary alicyclic amines) is 1. The number of carbonyl (C=O) groups excluding carboxylic acids is 2. The summed E-state index contributed by atoms with van der Waals surface area (Å²) in [4.78, 5) is 25.3. The van der Waals surface area contributed by atoms with E-state index in [0.29, 0.717) is 13.2 Å². The summed E-state index contributed by atoms with van der Waals surface area (Å²) in [5, 5.41) is 3.16. The smallest absolute Gasteiger partial charge is 0.252 e. The third kappa shape index (κ3) is 3.17. The van der Waals surface area contributed by atoms with Crippen molar-refractivity contribution in [1.82, 2.24) is 4.90 Å². The van der Waals surface area contributed by atoms with Gasteiger partial charge in [0.25, 0.3) is 5.91 Å². The summed E-state index contributed by atoms with van der Waals surface area (Å²) >= 11 is 0. The predicted octanol–water partition coefficient (Wildman–Crippen LogP) is 1.49. The molecule has 5 heteroatoms. The average Bonchev–Trinajstić information content (AvgIpc) is 2.61. The van der Waals surface area contributed by atoms with Crippen LogP contribution in [0.5, 0.6) is 0 Å². The maximum absolute atomic E-state index is 12.2. The van der Waals surface area contributed by atoms with E-state index >= 15 is 0 Å². The first-order chi connectivity index (χ1) is 9.51. The second-order valence-electron chi connectivity index (χ2n) is 5.15. The number of hydrogen-bond donors (Lipinski definition) is 1. The van der Waals surface area contributed by atoms with E-state index in [9.17, 15) is 9.59 Å². The zero-order chi connectivity index (χ0) is 14.7. The van der Waals surface area contributed by atoms with Crippen LogP contribution < -0.4 is 5.32 Å². The minimum atomic E-state index is -0.472. The second-order valence-corrected chi connectivity index (χ2v) is 5.15. The van der Waals surface area contributed by atoms with Crippen molar-refractivity contribution < 1.29 is 14.3 Å². The second kappa shape index (κ2) is 6.05. The van der Waals surface area contributed by atoms with E-state index in [0.717, 1.165) is 16.8 Å². The number of carbonyl (C=O) groups is 2. The normalized spacial score (nSPS) is 18.8. The fraction of sp³-hybridized carbons (Fsp3) is 0.467. The minimum Gasteiger partial charge on any atom is -0.383 e. The number of anilines is 1. The molecule has 1 aliphatic rings. The Morgan fingerprint density at radius 3 is 2.50 bits per heavy atom. The molecule has 1 N–H and O–H groups in total. The van der Waals surface area contributed by atoms with Crippen LogP contribution in [0.3, 0.4) is 0 Å². The molecule has 5 nitrogen and oxygen atoms in total. The van der Waals surface area contributed by atoms with Crippen molar-refractivity contribution in [2.45, 2.75) is 26.3 Å². The van der Waals surface area contributed by atoms with Gasteiger partial charge in [-0.3, -0.25) is 14.5 Å². The summed E-state index contributed by atoms with van der Waals surface area (Å²) in [5.74, 6) is -0.319. The van der Waals surface area contributed by atoms with E-state index in [1.54, 1.807) is 7.11 Å². The van der Waals surface area contributed by atoms with Crippen LogP contribution in [0.2, 0.25) is 0 Å². The fourth-order valence-corrected chi connectivity index (χ4v) is 2.47. The molecule has 0 saturated carbocycles. The van der Waals surface area contributed by atoms with Crippen LogP contribution in [0, 0.1) is 13.8 Å². The Morgan fingerprint density at radius 2 is 1.90 bits per heavy atom. The van der Waals surface area contributed by atoms with Gasteiger partial charge in [0.15, 0.2) is 0 Å². The van der Waals surface area contributed by atoms with Gasteiger partial charge in [0.2, 0.25) is 5.91 Å². The molecule has 1 aromatic rings. The number of amides is 2. The Bertz CT molecular complexity index is 508. The average molecular weight is 276 g/mol. The van der Waals surface area contributed by atoms with Crippen LogP contribution in [-0.4, -0.2) is 43.0 Å². The van der Waals surface area contributed by atoms with E-state index in [-0.39, 0.29) is 18.2 Å². The van der Waals surface area contributed by atoms with Crippen molar-refractivity contribution in [3.63, 3.8) is 0 Å². The first kappa shape index (κ1) is 14.5. The Morgan fingerprint density at radius 1 is 1.25 bits per heavy atom. The highest BCUT2D eigenvalue weighted by molar-refractivity contribution is 6.06. The number of rotatable bonds is 5. The van der Waals surface area contributed by atoms with E-state index in [1.807, 2.05) is 26.0 Å². The molecule has 0 bridgehead atoms. The fourth-order valence-electron chi connectivity index (χ4n) is 2.47. The van der Waals surface area contributed by atoms with Crippen molar-refractivity contribution in [3.05, 3.63) is 29.3 Å². The maximum atomic E-state index is 12.2. The molecule has 1 saturated heterocycles. The van der Waals surface area contributed by atoms with Crippen LogP contribution in [-0.2, 0) is 14.3 Å². The van der Waals surface area contributed by atoms with E-state index in [4.69, 9.17) is 4.74 Å². The summed E-state index contributed by atoms with van der Waals surface area (Å²) in [6, 6.07) is 5.54. The largest absolute Gasteiger partial charge is 0.383 e. The molecule has 1 fully saturated rings. The van der Waals surface area contributed by atoms with Gasteiger partial charge in [-0.15, -0.1) is 0 Å². The van der Waals surface area contributed by atoms with E-state index < -0.39 is 6.04 Å². The summed E-state index contributed by atoms with van der Waals surface area (Å²) in [5.41, 5.74) is 3.13. The third-order valence-electron chi connectivity index (χ3n) is 3.33. The molecule has 1 atom stereocenters. The number of methoxy groups -OCH3 is 1. The number of ether oxygens (including phenoxy) is 1. The number of nitrogens with one attached hydrogen (secondary N) is 1. The highest BCUT2D eigenvalue weighted by Crippen LogP contribution is 2.20. The molecule has 0 radical (unpaired) electrons. The van der Waals surface area contributed by atoms with Gasteiger partial charge in [-0.2, -0.15) is 0 Å². The number of imide groups is 1. The van der Waals surface area contributed by atoms with Gasteiger partial charge >= 0.3 is 0 Å². The molecule has 20 heavy (non-hydrogen) atoms. The van der Waals surface area contributed by atoms with Crippen molar-refractivity contribution in [3.8, 4) is 0 Å². The molecule has 0 aromatic heterocycles. The predicted molar refractivity (Wildman–Crippen MR) is 76.5 cm³/mol. The number of benzene rings is 1. The first-order valence-electron chi connectivity index (χ1n) is 6.69. The Hall–Kier alpha value is -1.88. The Balaban J connectivity index is 2.07. The van der Waals surface area contributed by atoms with E-state index in [1.165, 1.54) is 4.90 Å². The Labute approximate surface area is 118 Å². The van der Waals surface area contributed by atoms with Crippen LogP contribution in [0.1, 0.15) is 17.5 Å². The van der Waals surface area contributed by atoms with Gasteiger partial charge in [-0.1, -0.05) is 6.07 Å². The lowest BCUT2D eigenvalue weighted by atomic mass is 10.1. The zero-order valence-corrected chi connectivity index (χ0v) is 12.1. The van der Waals surface area contributed by atoms with Crippen LogP contribution in [0.25, 0.3) is 0 Å². The van der Waals surface area contributed by atoms with Crippen molar-refractivity contribution in [2.24, 2.45) is 0 Å². The molecule has 1 heterocycles. The number of nitrogens with zero attached hydrogens (tertiary/aromatic N) is 1. The molecule has 0 aliphatic carbocycles. The summed E-state index contributed by atoms with van der Waals surface area (Å²) in [6.45, 7) is 4.70. The first-order valence-corrected chi connectivity index (χ1v) is 6.69. The van der Waals surface area contributed by atoms with Gasteiger partial charge in [0.1, 0.15) is 6.04 Å². The number of hydrogen-bond acceptors (Lipinski definition) is 4. The lowest BCUT2D eigenvalue weighted by Crippen LogP contribution is -2.36. The van der Waals surface area contributed by atoms with Gasteiger partial charge in [0.05, 0.1) is 19.6 Å². The molecule has 0 spiro atoms. The van der Waals surface area contributed by atoms with Crippen molar-refractivity contribution in [1.29, 1.82) is 0 Å². The standard InChI is InChI=1S/C15H20N2O3/c1-10-6-11(2)8-12(7-10)16-13-9-14(18)17(15(13)19)4-5-20-3/h6-8,13,16H,4-5,9H2,1-3H3/t13-/m1/s1. The monoisotopic (exact) mass is 276 g/mol. The molecule has 1 aromatic carbocycles. The lowest BCUT2D eigenvalue weighted by molar-refractivity contribution is -0.139. The van der Waals surface area contributed by atoms with Crippen LogP contribution in [0.15, 0.2) is 18.2 Å². The van der Waals surface area contributed by atoms with Gasteiger partial charge < -0.3 is 10.1 Å². The third-order valence-corrected chi connectivity index (χ3v) is 3.33. The molecule has 2 rings (SSSR count). The van der Waals surface area contributed by atoms with Gasteiger partial charge in [-0.25, -0.2) is 0 Å². The summed E-state index contributed by atoms with van der Waals surface area (Å²) in [6.07, 6.45) is 0.204. The Kier molecular flexibility index (Phi) is 4.39. The van der Waals surface area contributed by atoms with Crippen molar-refractivity contribution >= 4 is 17.5 Å². The van der Waals surface area contributed by atoms with Crippen LogP contribution in [0.4, 0.5) is 5.69 Å². The SMILES string of the molecule is COCCN1C(=O)C[C@@H](Nc2cc(C)cc(C)c2)C1=O. The maximum Gasteiger partial charge on any atom is 0.252 e. The number of aryl methyl sites for hydroxylation is 2. The molecule has 0 unspecified atom stereocenters. The van der Waals surface area contributed by atoms with Gasteiger partial charge in [-0.05, 0) is 37.1 Å². The molecule has 1 aliphatic heterocycles. The molecular weight excluding hydrogens is 256 g/mol. The van der Waals surface area contributed by atoms with Crippen LogP contribution >= 0.6 is 0 Å². The zero-order valence-electron chi connectivity index (χ0n) is 12.1. The lowest BCUT2D eigenvalue weighted by Gasteiger charge is -2.16. The molecule has 2 amide bonds. The molecule has 108 valence electrons.